The predicted octanol–water partition coefficient (Wildman–Crippen LogP) is 3.69. The van der Waals surface area contributed by atoms with Crippen molar-refractivity contribution >= 4 is 18.0 Å². The summed E-state index contributed by atoms with van der Waals surface area (Å²) in [5.74, 6) is -1.32. The number of aliphatic carboxylic acids is 1. The van der Waals surface area contributed by atoms with Crippen LogP contribution in [0.2, 0.25) is 0 Å². The second kappa shape index (κ2) is 12.7. The van der Waals surface area contributed by atoms with Crippen LogP contribution in [0.25, 0.3) is 11.1 Å². The van der Waals surface area contributed by atoms with Crippen molar-refractivity contribution in [3.8, 4) is 11.1 Å². The molecule has 8 heteroatoms. The molecule has 0 aromatic heterocycles. The predicted molar refractivity (Wildman–Crippen MR) is 128 cm³/mol. The minimum absolute atomic E-state index is 0.0265. The molecule has 0 unspecified atom stereocenters. The van der Waals surface area contributed by atoms with Crippen LogP contribution in [-0.4, -0.2) is 55.5 Å². The number of carboxylic acid groups (broad SMARTS) is 1. The van der Waals surface area contributed by atoms with Gasteiger partial charge in [0.2, 0.25) is 5.91 Å². The molecule has 1 atom stereocenters. The van der Waals surface area contributed by atoms with Crippen LogP contribution in [-0.2, 0) is 19.1 Å². The largest absolute Gasteiger partial charge is 0.480 e. The van der Waals surface area contributed by atoms with Crippen LogP contribution < -0.4 is 10.6 Å². The number of ether oxygens (including phenoxy) is 2. The molecule has 2 aromatic rings. The zero-order valence-electron chi connectivity index (χ0n) is 19.4. The molecule has 0 aliphatic heterocycles. The Labute approximate surface area is 199 Å². The standard InChI is InChI=1S/C26H32N2O6/c1-2-3-8-18(15-24(29)27-13-14-33-17-25(30)31)28-26(32)34-16-23-21-11-6-4-9-19(21)20-10-5-7-12-22(20)23/h4-7,9-12,18,23H,2-3,8,13-17H2,1H3,(H,27,29)(H,28,32)(H,30,31)/t18-/m1/s1. The second-order valence-electron chi connectivity index (χ2n) is 8.31. The van der Waals surface area contributed by atoms with Crippen molar-refractivity contribution < 1.29 is 29.0 Å². The van der Waals surface area contributed by atoms with E-state index in [1.165, 1.54) is 0 Å². The highest BCUT2D eigenvalue weighted by atomic mass is 16.5. The first kappa shape index (κ1) is 25.2. The van der Waals surface area contributed by atoms with Crippen LogP contribution >= 0.6 is 0 Å². The quantitative estimate of drug-likeness (QED) is 0.386. The van der Waals surface area contributed by atoms with Crippen molar-refractivity contribution in [3.05, 3.63) is 59.7 Å². The number of hydrogen-bond donors (Lipinski definition) is 3. The van der Waals surface area contributed by atoms with Crippen molar-refractivity contribution in [1.82, 2.24) is 10.6 Å². The summed E-state index contributed by atoms with van der Waals surface area (Å²) in [6.07, 6.45) is 2.03. The second-order valence-corrected chi connectivity index (χ2v) is 8.31. The summed E-state index contributed by atoms with van der Waals surface area (Å²) in [5, 5.41) is 14.1. The Kier molecular flexibility index (Phi) is 9.46. The molecule has 0 spiro atoms. The van der Waals surface area contributed by atoms with Crippen LogP contribution in [0.15, 0.2) is 48.5 Å². The van der Waals surface area contributed by atoms with E-state index in [9.17, 15) is 14.4 Å². The summed E-state index contributed by atoms with van der Waals surface area (Å²) in [6.45, 7) is 2.17. The highest BCUT2D eigenvalue weighted by Crippen LogP contribution is 2.44. The lowest BCUT2D eigenvalue weighted by atomic mass is 9.98. The van der Waals surface area contributed by atoms with Crippen LogP contribution in [0.1, 0.15) is 49.7 Å². The van der Waals surface area contributed by atoms with Gasteiger partial charge in [-0.25, -0.2) is 9.59 Å². The number of unbranched alkanes of at least 4 members (excludes halogenated alkanes) is 1. The van der Waals surface area contributed by atoms with Gasteiger partial charge in [-0.05, 0) is 28.7 Å². The smallest absolute Gasteiger partial charge is 0.407 e. The van der Waals surface area contributed by atoms with Gasteiger partial charge in [-0.2, -0.15) is 0 Å². The molecular weight excluding hydrogens is 436 g/mol. The maximum absolute atomic E-state index is 12.6. The molecule has 0 radical (unpaired) electrons. The minimum Gasteiger partial charge on any atom is -0.480 e. The summed E-state index contributed by atoms with van der Waals surface area (Å²) in [4.78, 5) is 35.3. The Balaban J connectivity index is 1.51. The van der Waals surface area contributed by atoms with Crippen molar-refractivity contribution in [3.63, 3.8) is 0 Å². The van der Waals surface area contributed by atoms with Gasteiger partial charge in [0.15, 0.2) is 0 Å². The van der Waals surface area contributed by atoms with E-state index in [0.717, 1.165) is 35.1 Å². The zero-order valence-corrected chi connectivity index (χ0v) is 19.4. The molecule has 2 aromatic carbocycles. The van der Waals surface area contributed by atoms with Crippen LogP contribution in [0.4, 0.5) is 4.79 Å². The van der Waals surface area contributed by atoms with E-state index in [4.69, 9.17) is 14.6 Å². The van der Waals surface area contributed by atoms with E-state index in [-0.39, 0.29) is 44.0 Å². The average Bonchev–Trinajstić information content (AvgIpc) is 3.14. The van der Waals surface area contributed by atoms with Crippen LogP contribution in [0.5, 0.6) is 0 Å². The van der Waals surface area contributed by atoms with Gasteiger partial charge in [0.25, 0.3) is 0 Å². The zero-order chi connectivity index (χ0) is 24.3. The summed E-state index contributed by atoms with van der Waals surface area (Å²) >= 11 is 0. The fourth-order valence-corrected chi connectivity index (χ4v) is 4.20. The highest BCUT2D eigenvalue weighted by molar-refractivity contribution is 5.79. The van der Waals surface area contributed by atoms with E-state index >= 15 is 0 Å². The van der Waals surface area contributed by atoms with Crippen molar-refractivity contribution in [1.29, 1.82) is 0 Å². The van der Waals surface area contributed by atoms with E-state index in [1.807, 2.05) is 31.2 Å². The first-order valence-corrected chi connectivity index (χ1v) is 11.7. The normalized spacial score (nSPS) is 13.0. The molecule has 3 N–H and O–H groups in total. The fourth-order valence-electron chi connectivity index (χ4n) is 4.20. The molecular formula is C26H32N2O6. The van der Waals surface area contributed by atoms with Gasteiger partial charge in [-0.1, -0.05) is 68.3 Å². The molecule has 3 rings (SSSR count). The number of amides is 2. The maximum atomic E-state index is 12.6. The third-order valence-corrected chi connectivity index (χ3v) is 5.80. The Morgan fingerprint density at radius 3 is 2.29 bits per heavy atom. The molecule has 0 bridgehead atoms. The third-order valence-electron chi connectivity index (χ3n) is 5.80. The van der Waals surface area contributed by atoms with Gasteiger partial charge >= 0.3 is 12.1 Å². The number of hydrogen-bond acceptors (Lipinski definition) is 5. The summed E-state index contributed by atoms with van der Waals surface area (Å²) in [5.41, 5.74) is 4.61. The van der Waals surface area contributed by atoms with Gasteiger partial charge in [-0.3, -0.25) is 4.79 Å². The number of alkyl carbamates (subject to hydrolysis) is 1. The molecule has 182 valence electrons. The van der Waals surface area contributed by atoms with Gasteiger partial charge < -0.3 is 25.2 Å². The Hall–Kier alpha value is -3.39. The third kappa shape index (κ3) is 7.05. The molecule has 0 fully saturated rings. The van der Waals surface area contributed by atoms with E-state index in [2.05, 4.69) is 34.9 Å². The number of nitrogens with one attached hydrogen (secondary N) is 2. The van der Waals surface area contributed by atoms with Crippen molar-refractivity contribution in [2.75, 3.05) is 26.4 Å². The number of carbonyl (C=O) groups is 3. The lowest BCUT2D eigenvalue weighted by Gasteiger charge is -2.20. The van der Waals surface area contributed by atoms with Crippen molar-refractivity contribution in [2.24, 2.45) is 0 Å². The summed E-state index contributed by atoms with van der Waals surface area (Å²) < 4.78 is 10.5. The number of fused-ring (bicyclic) bond motifs is 3. The molecule has 0 heterocycles. The van der Waals surface area contributed by atoms with Gasteiger partial charge in [0.05, 0.1) is 6.61 Å². The molecule has 2 amide bonds. The highest BCUT2D eigenvalue weighted by Gasteiger charge is 2.29. The molecule has 8 nitrogen and oxygen atoms in total. The Morgan fingerprint density at radius 2 is 1.68 bits per heavy atom. The van der Waals surface area contributed by atoms with Gasteiger partial charge in [-0.15, -0.1) is 0 Å². The SMILES string of the molecule is CCCC[C@H](CC(=O)NCCOCC(=O)O)NC(=O)OCC1c2ccccc2-c2ccccc21. The molecule has 34 heavy (non-hydrogen) atoms. The maximum Gasteiger partial charge on any atom is 0.407 e. The van der Waals surface area contributed by atoms with Crippen LogP contribution in [0.3, 0.4) is 0 Å². The first-order chi connectivity index (χ1) is 16.5. The van der Waals surface area contributed by atoms with E-state index in [0.29, 0.717) is 6.42 Å². The average molecular weight is 469 g/mol. The Bertz CT molecular complexity index is 947. The molecule has 1 aliphatic rings. The molecule has 1 aliphatic carbocycles. The summed E-state index contributed by atoms with van der Waals surface area (Å²) in [7, 11) is 0. The monoisotopic (exact) mass is 468 g/mol. The van der Waals surface area contributed by atoms with Crippen LogP contribution in [0, 0.1) is 0 Å². The number of carboxylic acids is 1. The number of benzene rings is 2. The van der Waals surface area contributed by atoms with E-state index in [1.54, 1.807) is 0 Å². The van der Waals surface area contributed by atoms with Gasteiger partial charge in [0.1, 0.15) is 13.2 Å². The van der Waals surface area contributed by atoms with E-state index < -0.39 is 18.7 Å². The topological polar surface area (TPSA) is 114 Å². The number of carbonyl (C=O) groups excluding carboxylic acids is 2. The fraction of sp³-hybridized carbons (Fsp3) is 0.423. The first-order valence-electron chi connectivity index (χ1n) is 11.7. The lowest BCUT2D eigenvalue weighted by Crippen LogP contribution is -2.40. The van der Waals surface area contributed by atoms with Crippen molar-refractivity contribution in [2.45, 2.75) is 44.6 Å². The molecule has 0 saturated heterocycles. The lowest BCUT2D eigenvalue weighted by molar-refractivity contribution is -0.142. The number of rotatable bonds is 13. The minimum atomic E-state index is -1.06. The summed E-state index contributed by atoms with van der Waals surface area (Å²) in [6, 6.07) is 15.9. The van der Waals surface area contributed by atoms with Gasteiger partial charge in [0, 0.05) is 24.9 Å². The Morgan fingerprint density at radius 1 is 1.03 bits per heavy atom. The molecule has 0 saturated carbocycles.